The van der Waals surface area contributed by atoms with E-state index in [9.17, 15) is 4.79 Å². The molecule has 0 fully saturated rings. The van der Waals surface area contributed by atoms with E-state index in [2.05, 4.69) is 71.2 Å². The minimum absolute atomic E-state index is 0. The van der Waals surface area contributed by atoms with Gasteiger partial charge >= 0.3 is 0 Å². The number of hydrogen-bond donors (Lipinski definition) is 1. The maximum absolute atomic E-state index is 12.3. The van der Waals surface area contributed by atoms with Crippen LogP contribution in [0.25, 0.3) is 0 Å². The Bertz CT molecular complexity index is 1150. The molecule has 4 aromatic rings. The minimum atomic E-state index is -1.21. The molecule has 0 atom stereocenters. The van der Waals surface area contributed by atoms with Crippen molar-refractivity contribution in [2.75, 3.05) is 0 Å². The van der Waals surface area contributed by atoms with Gasteiger partial charge in [-0.3, -0.25) is 11.1 Å². The predicted octanol–water partition coefficient (Wildman–Crippen LogP) is 4.05. The Morgan fingerprint density at radius 3 is 1.74 bits per heavy atom. The van der Waals surface area contributed by atoms with Crippen molar-refractivity contribution in [2.24, 2.45) is 5.10 Å². The maximum Gasteiger partial charge on any atom is 0.271 e. The number of nitrogens with one attached hydrogen (secondary N) is 1. The molecule has 6 heteroatoms. The number of hydrazone groups is 1. The average molecular weight is 559 g/mol. The van der Waals surface area contributed by atoms with E-state index >= 15 is 0 Å². The average Bonchev–Trinajstić information content (AvgIpc) is 2.87. The SMILES string of the molecule is C[C-]=O.O=C(NN=Cc1ccccc1[PH+](c1ccccc1)c1ccccc1)c1ccccc1.[Pd]. The zero-order valence-electron chi connectivity index (χ0n) is 18.6. The van der Waals surface area contributed by atoms with Crippen LogP contribution in [0.2, 0.25) is 0 Å². The van der Waals surface area contributed by atoms with Crippen LogP contribution in [0.1, 0.15) is 22.8 Å². The van der Waals surface area contributed by atoms with Gasteiger partial charge in [0.05, 0.1) is 14.1 Å². The zero-order valence-corrected chi connectivity index (χ0v) is 21.2. The van der Waals surface area contributed by atoms with E-state index < -0.39 is 7.92 Å². The molecule has 4 rings (SSSR count). The standard InChI is InChI=1S/C26H21N2OP.C2H3O.Pd/c29-26(21-12-4-1-5-13-21)28-27-20-22-14-10-11-19-25(22)30(23-15-6-2-7-16-23)24-17-8-3-9-18-24;1-2-3;/h1-20H,(H,28,29);1H3;/q;-1;/p+1. The van der Waals surface area contributed by atoms with Gasteiger partial charge in [-0.1, -0.05) is 66.7 Å². The second-order valence-corrected chi connectivity index (χ2v) is 9.41. The third kappa shape index (κ3) is 7.68. The van der Waals surface area contributed by atoms with Gasteiger partial charge in [0.25, 0.3) is 5.91 Å². The Balaban J connectivity index is 0.000000970. The summed E-state index contributed by atoms with van der Waals surface area (Å²) in [7, 11) is -1.21. The Hall–Kier alpha value is -3.22. The van der Waals surface area contributed by atoms with E-state index in [1.54, 1.807) is 18.3 Å². The second kappa shape index (κ2) is 14.8. The van der Waals surface area contributed by atoms with E-state index in [0.717, 1.165) is 5.56 Å². The first kappa shape index (κ1) is 27.0. The number of nitrogens with zero attached hydrogens (tertiary/aromatic N) is 1. The molecule has 0 radical (unpaired) electrons. The zero-order chi connectivity index (χ0) is 23.3. The molecule has 1 amide bonds. The molecule has 0 unspecified atom stereocenters. The number of carbonyl (C=O) groups excluding carboxylic acids is 2. The summed E-state index contributed by atoms with van der Waals surface area (Å²) in [6.45, 7) is 1.32. The van der Waals surface area contributed by atoms with Gasteiger partial charge < -0.3 is 4.79 Å². The summed E-state index contributed by atoms with van der Waals surface area (Å²) in [5.41, 5.74) is 4.23. The van der Waals surface area contributed by atoms with Gasteiger partial charge in [0.1, 0.15) is 15.9 Å². The number of hydrogen-bond acceptors (Lipinski definition) is 3. The van der Waals surface area contributed by atoms with Gasteiger partial charge in [-0.05, 0) is 48.5 Å². The third-order valence-corrected chi connectivity index (χ3v) is 7.58. The van der Waals surface area contributed by atoms with Crippen LogP contribution >= 0.6 is 7.92 Å². The van der Waals surface area contributed by atoms with Crippen LogP contribution in [0.15, 0.2) is 120 Å². The summed E-state index contributed by atoms with van der Waals surface area (Å²) in [5.74, 6) is -0.221. The van der Waals surface area contributed by atoms with Crippen LogP contribution in [0.3, 0.4) is 0 Å². The number of rotatable bonds is 6. The van der Waals surface area contributed by atoms with E-state index in [0.29, 0.717) is 5.56 Å². The Morgan fingerprint density at radius 2 is 1.21 bits per heavy atom. The summed E-state index contributed by atoms with van der Waals surface area (Å²) in [4.78, 5) is 21.0. The molecule has 0 aliphatic rings. The second-order valence-electron chi connectivity index (χ2n) is 6.96. The molecule has 0 aliphatic heterocycles. The Kier molecular flexibility index (Phi) is 11.8. The first-order valence-corrected chi connectivity index (χ1v) is 12.0. The Morgan fingerprint density at radius 1 is 0.765 bits per heavy atom. The quantitative estimate of drug-likeness (QED) is 0.128. The topological polar surface area (TPSA) is 58.5 Å². The van der Waals surface area contributed by atoms with Gasteiger partial charge in [0, 0.05) is 31.5 Å². The fourth-order valence-corrected chi connectivity index (χ4v) is 6.05. The van der Waals surface area contributed by atoms with Crippen molar-refractivity contribution >= 4 is 42.2 Å². The van der Waals surface area contributed by atoms with Gasteiger partial charge in [-0.15, -0.1) is 0 Å². The molecule has 0 spiro atoms. The smallest absolute Gasteiger partial charge is 0.271 e. The predicted molar refractivity (Wildman–Crippen MR) is 139 cm³/mol. The van der Waals surface area contributed by atoms with Crippen LogP contribution in [0.4, 0.5) is 0 Å². The molecule has 4 aromatic carbocycles. The van der Waals surface area contributed by atoms with Crippen molar-refractivity contribution in [1.82, 2.24) is 5.43 Å². The summed E-state index contributed by atoms with van der Waals surface area (Å²) < 4.78 is 0. The largest absolute Gasteiger partial charge is 0.542 e. The van der Waals surface area contributed by atoms with Crippen molar-refractivity contribution in [3.63, 3.8) is 0 Å². The van der Waals surface area contributed by atoms with Gasteiger partial charge in [0.2, 0.25) is 0 Å². The molecule has 0 bridgehead atoms. The van der Waals surface area contributed by atoms with Crippen molar-refractivity contribution < 1.29 is 30.0 Å². The van der Waals surface area contributed by atoms with Crippen LogP contribution in [0.5, 0.6) is 0 Å². The normalized spacial score (nSPS) is 10.1. The van der Waals surface area contributed by atoms with E-state index in [1.807, 2.05) is 42.5 Å². The van der Waals surface area contributed by atoms with Crippen molar-refractivity contribution in [1.29, 1.82) is 0 Å². The summed E-state index contributed by atoms with van der Waals surface area (Å²) in [6.07, 6.45) is 3.24. The summed E-state index contributed by atoms with van der Waals surface area (Å²) >= 11 is 0. The van der Waals surface area contributed by atoms with E-state index in [1.165, 1.54) is 29.1 Å². The molecular weight excluding hydrogens is 534 g/mol. The van der Waals surface area contributed by atoms with Gasteiger partial charge in [-0.25, -0.2) is 5.43 Å². The van der Waals surface area contributed by atoms with Crippen LogP contribution in [-0.4, -0.2) is 18.4 Å². The van der Waals surface area contributed by atoms with Crippen LogP contribution in [-0.2, 0) is 25.2 Å². The third-order valence-electron chi connectivity index (χ3n) is 4.76. The number of benzene rings is 4. The van der Waals surface area contributed by atoms with Crippen LogP contribution < -0.4 is 21.3 Å². The van der Waals surface area contributed by atoms with Crippen LogP contribution in [0, 0.1) is 0 Å². The molecule has 0 heterocycles. The summed E-state index contributed by atoms with van der Waals surface area (Å²) in [6, 6.07) is 38.5. The van der Waals surface area contributed by atoms with Crippen molar-refractivity contribution in [3.05, 3.63) is 126 Å². The fraction of sp³-hybridized carbons (Fsp3) is 0.0357. The van der Waals surface area contributed by atoms with Crippen molar-refractivity contribution in [2.45, 2.75) is 6.92 Å². The molecular formula is C28H25N2O2PPd. The first-order valence-electron chi connectivity index (χ1n) is 10.5. The monoisotopic (exact) mass is 558 g/mol. The first-order chi connectivity index (χ1) is 16.2. The summed E-state index contributed by atoms with van der Waals surface area (Å²) in [5, 5.41) is 8.09. The molecule has 174 valence electrons. The van der Waals surface area contributed by atoms with Crippen molar-refractivity contribution in [3.8, 4) is 0 Å². The molecule has 0 saturated heterocycles. The molecule has 1 N–H and O–H groups in total. The molecule has 4 nitrogen and oxygen atoms in total. The van der Waals surface area contributed by atoms with E-state index in [-0.39, 0.29) is 26.3 Å². The number of carbonyl (C=O) groups is 1. The fourth-order valence-electron chi connectivity index (χ4n) is 3.34. The Labute approximate surface area is 215 Å². The number of amides is 1. The van der Waals surface area contributed by atoms with E-state index in [4.69, 9.17) is 4.79 Å². The minimum Gasteiger partial charge on any atom is -0.542 e. The molecule has 0 saturated carbocycles. The molecule has 0 aromatic heterocycles. The van der Waals surface area contributed by atoms with Gasteiger partial charge in [-0.2, -0.15) is 12.0 Å². The maximum atomic E-state index is 12.3. The molecule has 34 heavy (non-hydrogen) atoms. The van der Waals surface area contributed by atoms with Gasteiger partial charge in [0.15, 0.2) is 0 Å². The molecule has 0 aliphatic carbocycles.